The molecule has 7 heteroatoms. The van der Waals surface area contributed by atoms with Crippen LogP contribution in [0.3, 0.4) is 0 Å². The lowest BCUT2D eigenvalue weighted by atomic mass is 9.96. The van der Waals surface area contributed by atoms with Gasteiger partial charge in [0.15, 0.2) is 0 Å². The highest BCUT2D eigenvalue weighted by Gasteiger charge is 2.20. The number of likely N-dealkylation sites (tertiary alicyclic amines) is 1. The number of hydrogen-bond donors (Lipinski definition) is 2. The number of rotatable bonds is 6. The van der Waals surface area contributed by atoms with Crippen molar-refractivity contribution >= 4 is 11.9 Å². The summed E-state index contributed by atoms with van der Waals surface area (Å²) in [6.45, 7) is 3.09. The van der Waals surface area contributed by atoms with Gasteiger partial charge >= 0.3 is 5.97 Å². The lowest BCUT2D eigenvalue weighted by Crippen LogP contribution is -2.39. The number of piperidine rings is 1. The number of carbonyl (C=O) groups is 2. The Hall–Kier alpha value is -1.89. The molecule has 1 saturated heterocycles. The van der Waals surface area contributed by atoms with Crippen LogP contribution in [-0.2, 0) is 11.8 Å². The zero-order valence-corrected chi connectivity index (χ0v) is 12.3. The maximum atomic E-state index is 11.9. The van der Waals surface area contributed by atoms with Crippen molar-refractivity contribution in [2.45, 2.75) is 19.3 Å². The van der Waals surface area contributed by atoms with Crippen molar-refractivity contribution in [1.29, 1.82) is 0 Å². The number of carbonyl (C=O) groups excluding carboxylic acids is 1. The highest BCUT2D eigenvalue weighted by molar-refractivity contribution is 5.93. The Kier molecular flexibility index (Phi) is 5.32. The second-order valence-electron chi connectivity index (χ2n) is 5.54. The molecular formula is C14H22N4O3. The quantitative estimate of drug-likeness (QED) is 0.790. The standard InChI is InChI=1S/C14H22N4O3/c1-17-10-12(9-16-17)14(21)15-8-11-2-5-18(6-3-11)7-4-13(19)20/h9-11H,2-8H2,1H3,(H,15,21)(H,19,20). The lowest BCUT2D eigenvalue weighted by molar-refractivity contribution is -0.137. The maximum Gasteiger partial charge on any atom is 0.304 e. The van der Waals surface area contributed by atoms with Gasteiger partial charge < -0.3 is 15.3 Å². The molecule has 1 fully saturated rings. The second-order valence-corrected chi connectivity index (χ2v) is 5.54. The molecule has 116 valence electrons. The van der Waals surface area contributed by atoms with Crippen LogP contribution in [-0.4, -0.2) is 57.8 Å². The summed E-state index contributed by atoms with van der Waals surface area (Å²) in [6.07, 6.45) is 5.44. The van der Waals surface area contributed by atoms with Crippen LogP contribution in [0, 0.1) is 5.92 Å². The van der Waals surface area contributed by atoms with E-state index in [0.717, 1.165) is 25.9 Å². The summed E-state index contributed by atoms with van der Waals surface area (Å²) in [5.74, 6) is -0.371. The normalized spacial score (nSPS) is 16.8. The molecule has 0 saturated carbocycles. The fourth-order valence-electron chi connectivity index (χ4n) is 2.55. The molecule has 21 heavy (non-hydrogen) atoms. The predicted molar refractivity (Wildman–Crippen MR) is 77.0 cm³/mol. The highest BCUT2D eigenvalue weighted by Crippen LogP contribution is 2.16. The van der Waals surface area contributed by atoms with Gasteiger partial charge in [0, 0.05) is 26.3 Å². The molecule has 1 aliphatic heterocycles. The summed E-state index contributed by atoms with van der Waals surface area (Å²) < 4.78 is 1.61. The minimum Gasteiger partial charge on any atom is -0.481 e. The molecule has 1 aromatic heterocycles. The van der Waals surface area contributed by atoms with E-state index < -0.39 is 5.97 Å². The molecular weight excluding hydrogens is 272 g/mol. The first-order valence-electron chi connectivity index (χ1n) is 7.25. The fraction of sp³-hybridized carbons (Fsp3) is 0.643. The third kappa shape index (κ3) is 4.86. The van der Waals surface area contributed by atoms with Crippen LogP contribution in [0.15, 0.2) is 12.4 Å². The minimum atomic E-state index is -0.749. The number of hydrogen-bond acceptors (Lipinski definition) is 4. The summed E-state index contributed by atoms with van der Waals surface area (Å²) in [5.41, 5.74) is 0.580. The molecule has 2 rings (SSSR count). The van der Waals surface area contributed by atoms with Crippen molar-refractivity contribution in [3.63, 3.8) is 0 Å². The van der Waals surface area contributed by atoms with E-state index in [4.69, 9.17) is 5.11 Å². The molecule has 0 unspecified atom stereocenters. The van der Waals surface area contributed by atoms with Gasteiger partial charge in [0.1, 0.15) is 0 Å². The first kappa shape index (κ1) is 15.5. The Balaban J connectivity index is 1.67. The summed E-state index contributed by atoms with van der Waals surface area (Å²) in [5, 5.41) is 15.6. The number of carboxylic acid groups (broad SMARTS) is 1. The van der Waals surface area contributed by atoms with Gasteiger partial charge in [-0.1, -0.05) is 0 Å². The molecule has 0 bridgehead atoms. The van der Waals surface area contributed by atoms with E-state index in [9.17, 15) is 9.59 Å². The van der Waals surface area contributed by atoms with E-state index in [2.05, 4.69) is 15.3 Å². The Morgan fingerprint density at radius 3 is 2.71 bits per heavy atom. The maximum absolute atomic E-state index is 11.9. The van der Waals surface area contributed by atoms with Crippen LogP contribution in [0.4, 0.5) is 0 Å². The Bertz CT molecular complexity index is 492. The molecule has 0 aliphatic carbocycles. The van der Waals surface area contributed by atoms with E-state index in [1.165, 1.54) is 0 Å². The van der Waals surface area contributed by atoms with Crippen molar-refractivity contribution in [2.24, 2.45) is 13.0 Å². The van der Waals surface area contributed by atoms with Crippen LogP contribution in [0.2, 0.25) is 0 Å². The molecule has 0 radical (unpaired) electrons. The Morgan fingerprint density at radius 1 is 1.43 bits per heavy atom. The number of aromatic nitrogens is 2. The molecule has 1 aliphatic rings. The van der Waals surface area contributed by atoms with Crippen LogP contribution >= 0.6 is 0 Å². The average Bonchev–Trinajstić information content (AvgIpc) is 2.90. The van der Waals surface area contributed by atoms with Crippen LogP contribution < -0.4 is 5.32 Å². The molecule has 7 nitrogen and oxygen atoms in total. The van der Waals surface area contributed by atoms with Crippen LogP contribution in [0.1, 0.15) is 29.6 Å². The van der Waals surface area contributed by atoms with Gasteiger partial charge in [-0.2, -0.15) is 5.10 Å². The number of aryl methyl sites for hydroxylation is 1. The third-order valence-corrected chi connectivity index (χ3v) is 3.87. The predicted octanol–water partition coefficient (Wildman–Crippen LogP) is 0.337. The topological polar surface area (TPSA) is 87.5 Å². The fourth-order valence-corrected chi connectivity index (χ4v) is 2.55. The van der Waals surface area contributed by atoms with Crippen molar-refractivity contribution in [3.05, 3.63) is 18.0 Å². The van der Waals surface area contributed by atoms with Crippen molar-refractivity contribution < 1.29 is 14.7 Å². The van der Waals surface area contributed by atoms with Crippen LogP contribution in [0.5, 0.6) is 0 Å². The highest BCUT2D eigenvalue weighted by atomic mass is 16.4. The summed E-state index contributed by atoms with van der Waals surface area (Å²) in [7, 11) is 1.78. The number of amides is 1. The van der Waals surface area contributed by atoms with Gasteiger partial charge in [0.2, 0.25) is 0 Å². The first-order valence-corrected chi connectivity index (χ1v) is 7.25. The van der Waals surface area contributed by atoms with E-state index in [1.807, 2.05) is 0 Å². The molecule has 2 heterocycles. The Morgan fingerprint density at radius 2 is 2.14 bits per heavy atom. The average molecular weight is 294 g/mol. The van der Waals surface area contributed by atoms with E-state index in [0.29, 0.717) is 24.6 Å². The van der Waals surface area contributed by atoms with Gasteiger partial charge in [-0.05, 0) is 31.8 Å². The van der Waals surface area contributed by atoms with Crippen molar-refractivity contribution in [3.8, 4) is 0 Å². The SMILES string of the molecule is Cn1cc(C(=O)NCC2CCN(CCC(=O)O)CC2)cn1. The molecule has 0 atom stereocenters. The second kappa shape index (κ2) is 7.21. The van der Waals surface area contributed by atoms with Gasteiger partial charge in [0.25, 0.3) is 5.91 Å². The number of nitrogens with one attached hydrogen (secondary N) is 1. The molecule has 2 N–H and O–H groups in total. The molecule has 1 aromatic rings. The van der Waals surface area contributed by atoms with Gasteiger partial charge in [0.05, 0.1) is 18.2 Å². The number of nitrogens with zero attached hydrogens (tertiary/aromatic N) is 3. The third-order valence-electron chi connectivity index (χ3n) is 3.87. The minimum absolute atomic E-state index is 0.0867. The molecule has 0 aromatic carbocycles. The van der Waals surface area contributed by atoms with E-state index >= 15 is 0 Å². The first-order chi connectivity index (χ1) is 10.0. The lowest BCUT2D eigenvalue weighted by Gasteiger charge is -2.31. The van der Waals surface area contributed by atoms with E-state index in [-0.39, 0.29) is 12.3 Å². The largest absolute Gasteiger partial charge is 0.481 e. The van der Waals surface area contributed by atoms with E-state index in [1.54, 1.807) is 24.1 Å². The zero-order valence-electron chi connectivity index (χ0n) is 12.3. The Labute approximate surface area is 123 Å². The smallest absolute Gasteiger partial charge is 0.304 e. The summed E-state index contributed by atoms with van der Waals surface area (Å²) >= 11 is 0. The molecule has 0 spiro atoms. The van der Waals surface area contributed by atoms with Crippen molar-refractivity contribution in [2.75, 3.05) is 26.2 Å². The summed E-state index contributed by atoms with van der Waals surface area (Å²) in [6, 6.07) is 0. The van der Waals surface area contributed by atoms with Gasteiger partial charge in [-0.3, -0.25) is 14.3 Å². The molecule has 1 amide bonds. The van der Waals surface area contributed by atoms with Gasteiger partial charge in [-0.15, -0.1) is 0 Å². The zero-order chi connectivity index (χ0) is 15.2. The monoisotopic (exact) mass is 294 g/mol. The summed E-state index contributed by atoms with van der Waals surface area (Å²) in [4.78, 5) is 24.6. The number of aliphatic carboxylic acids is 1. The number of carboxylic acids is 1. The van der Waals surface area contributed by atoms with Crippen molar-refractivity contribution in [1.82, 2.24) is 20.0 Å². The van der Waals surface area contributed by atoms with Crippen LogP contribution in [0.25, 0.3) is 0 Å². The van der Waals surface area contributed by atoms with Gasteiger partial charge in [-0.25, -0.2) is 0 Å².